The molecule has 0 aliphatic carbocycles. The zero-order chi connectivity index (χ0) is 17.2. The molecule has 0 saturated heterocycles. The number of para-hydroxylation sites is 1. The van der Waals surface area contributed by atoms with Crippen molar-refractivity contribution in [1.82, 2.24) is 10.3 Å². The highest BCUT2D eigenvalue weighted by Crippen LogP contribution is 2.31. The van der Waals surface area contributed by atoms with Gasteiger partial charge in [0.25, 0.3) is 11.5 Å². The molecule has 3 heterocycles. The highest BCUT2D eigenvalue weighted by atomic mass is 16.5. The lowest BCUT2D eigenvalue weighted by atomic mass is 10.0. The molecule has 6 heteroatoms. The van der Waals surface area contributed by atoms with Crippen LogP contribution >= 0.6 is 0 Å². The first-order chi connectivity index (χ1) is 12.2. The van der Waals surface area contributed by atoms with Crippen LogP contribution in [0.1, 0.15) is 28.4 Å². The summed E-state index contributed by atoms with van der Waals surface area (Å²) >= 11 is 0. The van der Waals surface area contributed by atoms with E-state index in [2.05, 4.69) is 10.3 Å². The fourth-order valence-corrected chi connectivity index (χ4v) is 2.96. The van der Waals surface area contributed by atoms with E-state index in [1.165, 1.54) is 12.3 Å². The number of nitrogens with one attached hydrogen (secondary N) is 2. The van der Waals surface area contributed by atoms with E-state index in [4.69, 9.17) is 9.15 Å². The minimum absolute atomic E-state index is 0.0688. The first-order valence-electron chi connectivity index (χ1n) is 8.02. The minimum Gasteiger partial charge on any atom is -0.493 e. The van der Waals surface area contributed by atoms with Gasteiger partial charge in [0, 0.05) is 12.0 Å². The molecule has 0 radical (unpaired) electrons. The minimum atomic E-state index is -0.452. The fraction of sp³-hybridized carbons (Fsp3) is 0.158. The van der Waals surface area contributed by atoms with E-state index in [0.29, 0.717) is 24.5 Å². The zero-order valence-electron chi connectivity index (χ0n) is 13.3. The lowest BCUT2D eigenvalue weighted by molar-refractivity contribution is 0.0923. The molecule has 1 aliphatic heterocycles. The Morgan fingerprint density at radius 2 is 2.00 bits per heavy atom. The number of ether oxygens (including phenoxy) is 1. The summed E-state index contributed by atoms with van der Waals surface area (Å²) in [5.74, 6) is 0.900. The fourth-order valence-electron chi connectivity index (χ4n) is 2.96. The predicted octanol–water partition coefficient (Wildman–Crippen LogP) is 2.89. The molecule has 2 N–H and O–H groups in total. The number of aromatic amines is 1. The van der Waals surface area contributed by atoms with Crippen molar-refractivity contribution in [1.29, 1.82) is 0 Å². The van der Waals surface area contributed by atoms with Gasteiger partial charge in [-0.15, -0.1) is 0 Å². The Labute approximate surface area is 143 Å². The predicted molar refractivity (Wildman–Crippen MR) is 91.5 cm³/mol. The Kier molecular flexibility index (Phi) is 3.85. The molecule has 6 nitrogen and oxygen atoms in total. The Morgan fingerprint density at radius 3 is 2.80 bits per heavy atom. The van der Waals surface area contributed by atoms with Crippen LogP contribution in [0.2, 0.25) is 0 Å². The maximum Gasteiger partial charge on any atom is 0.261 e. The summed E-state index contributed by atoms with van der Waals surface area (Å²) in [4.78, 5) is 27.5. The SMILES string of the molecule is O=C(NC1CCOc2ccccc21)c1ccc(-c2ccco2)[nH]c1=O. The molecule has 0 bridgehead atoms. The smallest absolute Gasteiger partial charge is 0.261 e. The second kappa shape index (κ2) is 6.32. The Morgan fingerprint density at radius 1 is 1.12 bits per heavy atom. The highest BCUT2D eigenvalue weighted by Gasteiger charge is 2.24. The van der Waals surface area contributed by atoms with Gasteiger partial charge in [-0.1, -0.05) is 18.2 Å². The number of pyridine rings is 1. The summed E-state index contributed by atoms with van der Waals surface area (Å²) in [7, 11) is 0. The Balaban J connectivity index is 1.57. The average Bonchev–Trinajstić information content (AvgIpc) is 3.16. The standard InChI is InChI=1S/C19H16N2O4/c22-18(20-14-9-11-25-16-5-2-1-4-12(14)16)13-7-8-15(21-19(13)23)17-6-3-10-24-17/h1-8,10,14H,9,11H2,(H,20,22)(H,21,23). The summed E-state index contributed by atoms with van der Waals surface area (Å²) in [5.41, 5.74) is 1.07. The van der Waals surface area contributed by atoms with Gasteiger partial charge in [-0.05, 0) is 30.3 Å². The van der Waals surface area contributed by atoms with E-state index in [1.807, 2.05) is 24.3 Å². The lowest BCUT2D eigenvalue weighted by Gasteiger charge is -2.26. The molecular weight excluding hydrogens is 320 g/mol. The van der Waals surface area contributed by atoms with Gasteiger partial charge >= 0.3 is 0 Å². The molecule has 3 aromatic rings. The van der Waals surface area contributed by atoms with Crippen LogP contribution in [0, 0.1) is 0 Å². The van der Waals surface area contributed by atoms with E-state index in [0.717, 1.165) is 11.3 Å². The van der Waals surface area contributed by atoms with Gasteiger partial charge in [-0.3, -0.25) is 9.59 Å². The summed E-state index contributed by atoms with van der Waals surface area (Å²) < 4.78 is 10.8. The molecule has 126 valence electrons. The number of hydrogen-bond donors (Lipinski definition) is 2. The number of carbonyl (C=O) groups excluding carboxylic acids is 1. The molecule has 0 fully saturated rings. The van der Waals surface area contributed by atoms with E-state index in [-0.39, 0.29) is 11.6 Å². The molecule has 1 atom stereocenters. The van der Waals surface area contributed by atoms with Crippen LogP contribution in [0.4, 0.5) is 0 Å². The van der Waals surface area contributed by atoms with Gasteiger partial charge in [-0.25, -0.2) is 0 Å². The number of amides is 1. The van der Waals surface area contributed by atoms with Crippen molar-refractivity contribution in [2.75, 3.05) is 6.61 Å². The maximum atomic E-state index is 12.5. The number of benzene rings is 1. The Bertz CT molecular complexity index is 960. The van der Waals surface area contributed by atoms with Crippen LogP contribution in [-0.2, 0) is 0 Å². The summed E-state index contributed by atoms with van der Waals surface area (Å²) in [5, 5.41) is 2.92. The first-order valence-corrected chi connectivity index (χ1v) is 8.02. The highest BCUT2D eigenvalue weighted by molar-refractivity contribution is 5.94. The molecule has 4 rings (SSSR count). The average molecular weight is 336 g/mol. The van der Waals surface area contributed by atoms with Gasteiger partial charge in [-0.2, -0.15) is 0 Å². The molecule has 25 heavy (non-hydrogen) atoms. The third kappa shape index (κ3) is 2.94. The van der Waals surface area contributed by atoms with Crippen molar-refractivity contribution in [2.24, 2.45) is 0 Å². The van der Waals surface area contributed by atoms with Gasteiger partial charge in [0.15, 0.2) is 0 Å². The van der Waals surface area contributed by atoms with Crippen LogP contribution in [0.5, 0.6) is 5.75 Å². The molecule has 1 amide bonds. The largest absolute Gasteiger partial charge is 0.493 e. The number of aromatic nitrogens is 1. The summed E-state index contributed by atoms with van der Waals surface area (Å²) in [6.45, 7) is 0.524. The van der Waals surface area contributed by atoms with Gasteiger partial charge in [0.1, 0.15) is 17.1 Å². The number of H-pyrrole nitrogens is 1. The number of carbonyl (C=O) groups is 1. The number of rotatable bonds is 3. The van der Waals surface area contributed by atoms with Crippen LogP contribution in [0.25, 0.3) is 11.5 Å². The normalized spacial score (nSPS) is 15.9. The van der Waals surface area contributed by atoms with Crippen molar-refractivity contribution in [3.05, 3.63) is 76.3 Å². The maximum absolute atomic E-state index is 12.5. The number of hydrogen-bond acceptors (Lipinski definition) is 4. The molecule has 1 aromatic carbocycles. The first kappa shape index (κ1) is 15.3. The monoisotopic (exact) mass is 336 g/mol. The van der Waals surface area contributed by atoms with E-state index in [9.17, 15) is 9.59 Å². The molecule has 1 aliphatic rings. The van der Waals surface area contributed by atoms with E-state index < -0.39 is 11.5 Å². The van der Waals surface area contributed by atoms with Crippen LogP contribution in [0.3, 0.4) is 0 Å². The van der Waals surface area contributed by atoms with Gasteiger partial charge in [0.2, 0.25) is 0 Å². The molecule has 2 aromatic heterocycles. The lowest BCUT2D eigenvalue weighted by Crippen LogP contribution is -2.35. The quantitative estimate of drug-likeness (QED) is 0.770. The van der Waals surface area contributed by atoms with Crippen molar-refractivity contribution < 1.29 is 13.9 Å². The third-order valence-corrected chi connectivity index (χ3v) is 4.20. The van der Waals surface area contributed by atoms with E-state index >= 15 is 0 Å². The zero-order valence-corrected chi connectivity index (χ0v) is 13.3. The molecular formula is C19H16N2O4. The summed E-state index contributed by atoms with van der Waals surface area (Å²) in [6, 6.07) is 14.0. The van der Waals surface area contributed by atoms with Crippen molar-refractivity contribution >= 4 is 5.91 Å². The van der Waals surface area contributed by atoms with Crippen LogP contribution < -0.4 is 15.6 Å². The third-order valence-electron chi connectivity index (χ3n) is 4.20. The van der Waals surface area contributed by atoms with Crippen molar-refractivity contribution in [2.45, 2.75) is 12.5 Å². The second-order valence-electron chi connectivity index (χ2n) is 5.79. The topological polar surface area (TPSA) is 84.3 Å². The van der Waals surface area contributed by atoms with Gasteiger partial charge < -0.3 is 19.5 Å². The van der Waals surface area contributed by atoms with Crippen LogP contribution in [0.15, 0.2) is 64.0 Å². The summed E-state index contributed by atoms with van der Waals surface area (Å²) in [6.07, 6.45) is 2.18. The van der Waals surface area contributed by atoms with E-state index in [1.54, 1.807) is 18.2 Å². The number of fused-ring (bicyclic) bond motifs is 1. The molecule has 0 spiro atoms. The second-order valence-corrected chi connectivity index (χ2v) is 5.79. The van der Waals surface area contributed by atoms with Gasteiger partial charge in [0.05, 0.1) is 24.6 Å². The number of furan rings is 1. The molecule has 0 saturated carbocycles. The Hall–Kier alpha value is -3.28. The molecule has 1 unspecified atom stereocenters. The van der Waals surface area contributed by atoms with Crippen molar-refractivity contribution in [3.8, 4) is 17.2 Å². The van der Waals surface area contributed by atoms with Crippen molar-refractivity contribution in [3.63, 3.8) is 0 Å². The van der Waals surface area contributed by atoms with Crippen LogP contribution in [-0.4, -0.2) is 17.5 Å².